The maximum Gasteiger partial charge on any atom is 0.191 e. The fourth-order valence-electron chi connectivity index (χ4n) is 1.52. The van der Waals surface area contributed by atoms with Gasteiger partial charge in [0.25, 0.3) is 0 Å². The second kappa shape index (κ2) is 4.93. The smallest absolute Gasteiger partial charge is 0.191 e. The summed E-state index contributed by atoms with van der Waals surface area (Å²) in [7, 11) is 1.91. The lowest BCUT2D eigenvalue weighted by molar-refractivity contribution is 0.464. The summed E-state index contributed by atoms with van der Waals surface area (Å²) in [4.78, 5) is 0. The Balaban J connectivity index is 2.22. The van der Waals surface area contributed by atoms with E-state index < -0.39 is 0 Å². The van der Waals surface area contributed by atoms with Gasteiger partial charge in [0.15, 0.2) is 5.16 Å². The summed E-state index contributed by atoms with van der Waals surface area (Å²) in [6.07, 6.45) is 1.67. The van der Waals surface area contributed by atoms with Gasteiger partial charge in [-0.25, -0.2) is 0 Å². The van der Waals surface area contributed by atoms with Crippen LogP contribution in [0.4, 0.5) is 0 Å². The number of thioether (sulfide) groups is 1. The molecule has 5 nitrogen and oxygen atoms in total. The first-order valence-corrected chi connectivity index (χ1v) is 6.28. The van der Waals surface area contributed by atoms with Crippen LogP contribution in [-0.2, 0) is 7.05 Å². The van der Waals surface area contributed by atoms with Gasteiger partial charge in [-0.1, -0.05) is 11.8 Å². The highest BCUT2D eigenvalue weighted by Gasteiger charge is 2.23. The number of rotatable bonds is 4. The van der Waals surface area contributed by atoms with Crippen LogP contribution in [0.15, 0.2) is 28.0 Å². The summed E-state index contributed by atoms with van der Waals surface area (Å²) in [6, 6.07) is 3.89. The standard InChI is InChI=1S/C11H16N4OS/c1-7-4-5-9(16-7)10(8(2)12)17-11-14-13-6-15(11)3/h4-6,8,10H,12H2,1-3H3. The van der Waals surface area contributed by atoms with Crippen LogP contribution in [0.3, 0.4) is 0 Å². The van der Waals surface area contributed by atoms with Gasteiger partial charge in [-0.2, -0.15) is 0 Å². The van der Waals surface area contributed by atoms with Crippen LogP contribution in [0, 0.1) is 6.92 Å². The number of furan rings is 1. The lowest BCUT2D eigenvalue weighted by Gasteiger charge is -2.17. The molecule has 0 saturated carbocycles. The van der Waals surface area contributed by atoms with Crippen molar-refractivity contribution in [3.05, 3.63) is 30.0 Å². The van der Waals surface area contributed by atoms with Gasteiger partial charge in [0.05, 0.1) is 5.25 Å². The highest BCUT2D eigenvalue weighted by Crippen LogP contribution is 2.36. The Bertz CT molecular complexity index is 491. The molecule has 0 aliphatic heterocycles. The molecule has 0 saturated heterocycles. The van der Waals surface area contributed by atoms with Gasteiger partial charge in [0.2, 0.25) is 0 Å². The average Bonchev–Trinajstić information content (AvgIpc) is 2.84. The maximum absolute atomic E-state index is 6.01. The van der Waals surface area contributed by atoms with Gasteiger partial charge in [-0.15, -0.1) is 10.2 Å². The molecule has 2 aromatic heterocycles. The van der Waals surface area contributed by atoms with Crippen molar-refractivity contribution in [1.82, 2.24) is 14.8 Å². The first kappa shape index (κ1) is 12.2. The Morgan fingerprint density at radius 1 is 1.47 bits per heavy atom. The molecule has 0 aliphatic carbocycles. The molecule has 0 aliphatic rings. The van der Waals surface area contributed by atoms with Crippen LogP contribution in [0.2, 0.25) is 0 Å². The first-order valence-electron chi connectivity index (χ1n) is 5.40. The topological polar surface area (TPSA) is 69.9 Å². The lowest BCUT2D eigenvalue weighted by Crippen LogP contribution is -2.22. The normalized spacial score (nSPS) is 14.8. The molecule has 2 heterocycles. The fourth-order valence-corrected chi connectivity index (χ4v) is 2.52. The van der Waals surface area contributed by atoms with Crippen molar-refractivity contribution in [3.8, 4) is 0 Å². The Morgan fingerprint density at radius 2 is 2.24 bits per heavy atom. The van der Waals surface area contributed by atoms with E-state index in [9.17, 15) is 0 Å². The van der Waals surface area contributed by atoms with E-state index in [2.05, 4.69) is 10.2 Å². The molecular formula is C11H16N4OS. The monoisotopic (exact) mass is 252 g/mol. The zero-order valence-electron chi connectivity index (χ0n) is 10.1. The van der Waals surface area contributed by atoms with Gasteiger partial charge in [0.1, 0.15) is 17.8 Å². The minimum atomic E-state index is -0.0257. The Labute approximate surface area is 104 Å². The van der Waals surface area contributed by atoms with Crippen LogP contribution < -0.4 is 5.73 Å². The zero-order valence-corrected chi connectivity index (χ0v) is 10.9. The van der Waals surface area contributed by atoms with Crippen molar-refractivity contribution in [2.75, 3.05) is 0 Å². The maximum atomic E-state index is 6.01. The van der Waals surface area contributed by atoms with E-state index >= 15 is 0 Å². The van der Waals surface area contributed by atoms with Gasteiger partial charge in [-0.3, -0.25) is 0 Å². The highest BCUT2D eigenvalue weighted by molar-refractivity contribution is 7.99. The minimum absolute atomic E-state index is 0.0257. The molecule has 6 heteroatoms. The number of nitrogens with two attached hydrogens (primary N) is 1. The third kappa shape index (κ3) is 2.70. The predicted octanol–water partition coefficient (Wildman–Crippen LogP) is 1.90. The third-order valence-electron chi connectivity index (χ3n) is 2.42. The lowest BCUT2D eigenvalue weighted by atomic mass is 10.2. The van der Waals surface area contributed by atoms with Gasteiger partial charge < -0.3 is 14.7 Å². The summed E-state index contributed by atoms with van der Waals surface area (Å²) < 4.78 is 7.51. The molecule has 2 rings (SSSR count). The van der Waals surface area contributed by atoms with Gasteiger partial charge in [-0.05, 0) is 26.0 Å². The second-order valence-electron chi connectivity index (χ2n) is 4.07. The Hall–Kier alpha value is -1.27. The average molecular weight is 252 g/mol. The van der Waals surface area contributed by atoms with Crippen molar-refractivity contribution < 1.29 is 4.42 Å². The van der Waals surface area contributed by atoms with E-state index in [1.165, 1.54) is 0 Å². The second-order valence-corrected chi connectivity index (χ2v) is 5.18. The minimum Gasteiger partial charge on any atom is -0.465 e. The van der Waals surface area contributed by atoms with E-state index in [4.69, 9.17) is 10.2 Å². The quantitative estimate of drug-likeness (QED) is 0.841. The first-order chi connectivity index (χ1) is 8.08. The van der Waals surface area contributed by atoms with Crippen LogP contribution in [0.1, 0.15) is 23.7 Å². The van der Waals surface area contributed by atoms with E-state index in [1.807, 2.05) is 37.6 Å². The summed E-state index contributed by atoms with van der Waals surface area (Å²) in [6.45, 7) is 3.89. The van der Waals surface area contributed by atoms with E-state index in [1.54, 1.807) is 18.1 Å². The molecule has 17 heavy (non-hydrogen) atoms. The summed E-state index contributed by atoms with van der Waals surface area (Å²) >= 11 is 1.57. The molecule has 2 unspecified atom stereocenters. The van der Waals surface area contributed by atoms with Crippen molar-refractivity contribution in [3.63, 3.8) is 0 Å². The van der Waals surface area contributed by atoms with Crippen molar-refractivity contribution in [1.29, 1.82) is 0 Å². The van der Waals surface area contributed by atoms with Crippen molar-refractivity contribution >= 4 is 11.8 Å². The number of aryl methyl sites for hydroxylation is 2. The number of nitrogens with zero attached hydrogens (tertiary/aromatic N) is 3. The van der Waals surface area contributed by atoms with E-state index in [0.29, 0.717) is 0 Å². The number of hydrogen-bond acceptors (Lipinski definition) is 5. The Kier molecular flexibility index (Phi) is 3.54. The third-order valence-corrected chi connectivity index (χ3v) is 3.92. The summed E-state index contributed by atoms with van der Waals surface area (Å²) in [5.74, 6) is 1.77. The summed E-state index contributed by atoms with van der Waals surface area (Å²) in [5.41, 5.74) is 6.01. The van der Waals surface area contributed by atoms with Crippen LogP contribution in [0.25, 0.3) is 0 Å². The zero-order chi connectivity index (χ0) is 12.4. The molecular weight excluding hydrogens is 236 g/mol. The molecule has 0 aromatic carbocycles. The fraction of sp³-hybridized carbons (Fsp3) is 0.455. The molecule has 0 fully saturated rings. The molecule has 2 aromatic rings. The van der Waals surface area contributed by atoms with Gasteiger partial charge >= 0.3 is 0 Å². The van der Waals surface area contributed by atoms with Gasteiger partial charge in [0, 0.05) is 13.1 Å². The van der Waals surface area contributed by atoms with E-state index in [-0.39, 0.29) is 11.3 Å². The SMILES string of the molecule is Cc1ccc(C(Sc2nncn2C)C(C)N)o1. The molecule has 0 spiro atoms. The predicted molar refractivity (Wildman–Crippen MR) is 66.7 cm³/mol. The summed E-state index contributed by atoms with van der Waals surface area (Å²) in [5, 5.41) is 8.79. The molecule has 2 atom stereocenters. The van der Waals surface area contributed by atoms with Crippen LogP contribution in [0.5, 0.6) is 0 Å². The highest BCUT2D eigenvalue weighted by atomic mass is 32.2. The van der Waals surface area contributed by atoms with Crippen LogP contribution >= 0.6 is 11.8 Å². The van der Waals surface area contributed by atoms with Crippen LogP contribution in [-0.4, -0.2) is 20.8 Å². The number of hydrogen-bond donors (Lipinski definition) is 1. The number of aromatic nitrogens is 3. The van der Waals surface area contributed by atoms with E-state index in [0.717, 1.165) is 16.7 Å². The van der Waals surface area contributed by atoms with Crippen molar-refractivity contribution in [2.45, 2.75) is 30.3 Å². The molecule has 0 bridgehead atoms. The molecule has 92 valence electrons. The molecule has 0 amide bonds. The molecule has 2 N–H and O–H groups in total. The Morgan fingerprint density at radius 3 is 2.71 bits per heavy atom. The molecule has 0 radical (unpaired) electrons. The van der Waals surface area contributed by atoms with Crippen molar-refractivity contribution in [2.24, 2.45) is 12.8 Å². The largest absolute Gasteiger partial charge is 0.465 e.